The van der Waals surface area contributed by atoms with Crippen LogP contribution in [0.25, 0.3) is 11.4 Å². The van der Waals surface area contributed by atoms with Gasteiger partial charge in [-0.05, 0) is 37.8 Å². The van der Waals surface area contributed by atoms with Crippen molar-refractivity contribution in [2.24, 2.45) is 5.92 Å². The Kier molecular flexibility index (Phi) is 6.66. The summed E-state index contributed by atoms with van der Waals surface area (Å²) in [6.07, 6.45) is 8.12. The minimum Gasteiger partial charge on any atom is -0.341 e. The third-order valence-electron chi connectivity index (χ3n) is 5.10. The first-order chi connectivity index (χ1) is 13.5. The maximum absolute atomic E-state index is 12.3. The molecule has 0 radical (unpaired) electrons. The number of carbonyl (C=O) groups excluding carboxylic acids is 2. The molecule has 0 saturated heterocycles. The number of pyridine rings is 1. The molecule has 0 aliphatic heterocycles. The summed E-state index contributed by atoms with van der Waals surface area (Å²) < 4.78 is 2.16. The van der Waals surface area contributed by atoms with Crippen molar-refractivity contribution in [3.8, 4) is 11.4 Å². The lowest BCUT2D eigenvalue weighted by Crippen LogP contribution is -2.41. The summed E-state index contributed by atoms with van der Waals surface area (Å²) in [7, 11) is 1.47. The lowest BCUT2D eigenvalue weighted by Gasteiger charge is -2.31. The van der Waals surface area contributed by atoms with Crippen molar-refractivity contribution in [2.45, 2.75) is 56.0 Å². The van der Waals surface area contributed by atoms with Gasteiger partial charge in [0.2, 0.25) is 5.91 Å². The van der Waals surface area contributed by atoms with Gasteiger partial charge in [-0.15, -0.1) is 10.2 Å². The second-order valence-electron chi connectivity index (χ2n) is 7.08. The Morgan fingerprint density at radius 1 is 1.29 bits per heavy atom. The van der Waals surface area contributed by atoms with Gasteiger partial charge in [0.05, 0.1) is 5.25 Å². The number of hydrogen-bond donors (Lipinski definition) is 2. The van der Waals surface area contributed by atoms with E-state index in [1.165, 1.54) is 25.2 Å². The summed E-state index contributed by atoms with van der Waals surface area (Å²) >= 11 is 1.32. The molecule has 0 spiro atoms. The van der Waals surface area contributed by atoms with Crippen LogP contribution >= 0.6 is 11.8 Å². The van der Waals surface area contributed by atoms with E-state index in [1.54, 1.807) is 19.3 Å². The molecule has 3 atom stereocenters. The molecule has 2 heterocycles. The summed E-state index contributed by atoms with van der Waals surface area (Å²) in [5.74, 6) is 0.904. The highest BCUT2D eigenvalue weighted by Gasteiger charge is 2.30. The molecule has 2 aromatic heterocycles. The molecule has 28 heavy (non-hydrogen) atoms. The number of carbonyl (C=O) groups is 2. The predicted molar refractivity (Wildman–Crippen MR) is 108 cm³/mol. The largest absolute Gasteiger partial charge is 0.341 e. The molecule has 1 saturated carbocycles. The van der Waals surface area contributed by atoms with Gasteiger partial charge in [0.25, 0.3) is 0 Å². The topological polar surface area (TPSA) is 102 Å². The van der Waals surface area contributed by atoms with Crippen LogP contribution in [0.5, 0.6) is 0 Å². The van der Waals surface area contributed by atoms with Crippen molar-refractivity contribution in [1.29, 1.82) is 0 Å². The third kappa shape index (κ3) is 4.52. The van der Waals surface area contributed by atoms with E-state index in [9.17, 15) is 9.59 Å². The van der Waals surface area contributed by atoms with Crippen molar-refractivity contribution < 1.29 is 9.59 Å². The van der Waals surface area contributed by atoms with Crippen LogP contribution in [0.2, 0.25) is 0 Å². The number of nitrogens with one attached hydrogen (secondary N) is 2. The smallest absolute Gasteiger partial charge is 0.321 e. The fourth-order valence-corrected chi connectivity index (χ4v) is 4.42. The average Bonchev–Trinajstić information content (AvgIpc) is 3.12. The number of amides is 3. The van der Waals surface area contributed by atoms with Crippen molar-refractivity contribution in [1.82, 2.24) is 30.4 Å². The Balaban J connectivity index is 1.91. The number of hydrogen-bond acceptors (Lipinski definition) is 6. The van der Waals surface area contributed by atoms with Gasteiger partial charge in [-0.1, -0.05) is 31.5 Å². The molecule has 3 rings (SSSR count). The first-order valence-electron chi connectivity index (χ1n) is 9.55. The quantitative estimate of drug-likeness (QED) is 0.746. The van der Waals surface area contributed by atoms with Gasteiger partial charge in [0.1, 0.15) is 0 Å². The zero-order valence-electron chi connectivity index (χ0n) is 16.4. The maximum Gasteiger partial charge on any atom is 0.321 e. The molecule has 2 aromatic rings. The molecule has 1 aliphatic carbocycles. The van der Waals surface area contributed by atoms with Gasteiger partial charge in [-0.2, -0.15) is 0 Å². The van der Waals surface area contributed by atoms with Crippen molar-refractivity contribution in [3.63, 3.8) is 0 Å². The molecule has 1 fully saturated rings. The maximum atomic E-state index is 12.3. The van der Waals surface area contributed by atoms with Crippen molar-refractivity contribution in [2.75, 3.05) is 7.05 Å². The van der Waals surface area contributed by atoms with Crippen LogP contribution in [0, 0.1) is 5.92 Å². The summed E-state index contributed by atoms with van der Waals surface area (Å²) in [6, 6.07) is 3.61. The highest BCUT2D eigenvalue weighted by molar-refractivity contribution is 8.00. The van der Waals surface area contributed by atoms with E-state index < -0.39 is 11.3 Å². The van der Waals surface area contributed by atoms with Crippen molar-refractivity contribution in [3.05, 3.63) is 24.5 Å². The third-order valence-corrected chi connectivity index (χ3v) is 6.15. The van der Waals surface area contributed by atoms with Crippen LogP contribution in [-0.2, 0) is 4.79 Å². The minimum absolute atomic E-state index is 0.274. The Hall–Kier alpha value is -2.42. The first kappa shape index (κ1) is 20.3. The first-order valence-corrected chi connectivity index (χ1v) is 10.4. The molecule has 8 nitrogen and oxygen atoms in total. The molecule has 150 valence electrons. The molecular formula is C19H26N6O2S. The standard InChI is InChI=1S/C19H26N6O2S/c1-12-7-4-5-9-15(12)25-16(14-8-6-10-21-11-14)23-24-19(25)28-13(2)17(26)22-18(27)20-3/h6,8,10-13,15H,4-5,7,9H2,1-3H3,(H2,20,22,26,27)/t12-,13+,15-/m1/s1. The molecule has 0 unspecified atom stereocenters. The summed E-state index contributed by atoms with van der Waals surface area (Å²) in [4.78, 5) is 27.9. The van der Waals surface area contributed by atoms with Crippen LogP contribution in [0.15, 0.2) is 29.7 Å². The number of urea groups is 1. The highest BCUT2D eigenvalue weighted by Crippen LogP contribution is 2.39. The molecule has 2 N–H and O–H groups in total. The fourth-order valence-electron chi connectivity index (χ4n) is 3.52. The monoisotopic (exact) mass is 402 g/mol. The van der Waals surface area contributed by atoms with Gasteiger partial charge >= 0.3 is 6.03 Å². The molecule has 1 aliphatic rings. The van der Waals surface area contributed by atoms with Gasteiger partial charge < -0.3 is 5.32 Å². The van der Waals surface area contributed by atoms with Gasteiger partial charge in [-0.25, -0.2) is 4.79 Å². The number of aromatic nitrogens is 4. The summed E-state index contributed by atoms with van der Waals surface area (Å²) in [6.45, 7) is 4.02. The van der Waals surface area contributed by atoms with Gasteiger partial charge in [0, 0.05) is 31.0 Å². The molecule has 0 bridgehead atoms. The molecular weight excluding hydrogens is 376 g/mol. The fraction of sp³-hybridized carbons (Fsp3) is 0.526. The lowest BCUT2D eigenvalue weighted by molar-refractivity contribution is -0.119. The Morgan fingerprint density at radius 3 is 2.75 bits per heavy atom. The average molecular weight is 403 g/mol. The van der Waals surface area contributed by atoms with Crippen LogP contribution in [0.3, 0.4) is 0 Å². The molecule has 0 aromatic carbocycles. The normalized spacial score (nSPS) is 20.4. The summed E-state index contributed by atoms with van der Waals surface area (Å²) in [5.41, 5.74) is 0.905. The number of nitrogens with zero attached hydrogens (tertiary/aromatic N) is 4. The van der Waals surface area contributed by atoms with E-state index in [4.69, 9.17) is 0 Å². The number of thioether (sulfide) groups is 1. The zero-order valence-corrected chi connectivity index (χ0v) is 17.2. The van der Waals surface area contributed by atoms with Gasteiger partial charge in [0.15, 0.2) is 11.0 Å². The Bertz CT molecular complexity index is 825. The van der Waals surface area contributed by atoms with Crippen LogP contribution < -0.4 is 10.6 Å². The number of imide groups is 1. The van der Waals surface area contributed by atoms with E-state index >= 15 is 0 Å². The SMILES string of the molecule is CNC(=O)NC(=O)[C@H](C)Sc1nnc(-c2cccnc2)n1[C@@H]1CCCC[C@H]1C. The predicted octanol–water partition coefficient (Wildman–Crippen LogP) is 3.03. The molecule has 9 heteroatoms. The highest BCUT2D eigenvalue weighted by atomic mass is 32.2. The van der Waals surface area contributed by atoms with Gasteiger partial charge in [-0.3, -0.25) is 19.7 Å². The van der Waals surface area contributed by atoms with E-state index in [0.717, 1.165) is 30.7 Å². The zero-order chi connectivity index (χ0) is 20.1. The van der Waals surface area contributed by atoms with Crippen LogP contribution in [-0.4, -0.2) is 44.0 Å². The van der Waals surface area contributed by atoms with Crippen molar-refractivity contribution >= 4 is 23.7 Å². The van der Waals surface area contributed by atoms with Crippen LogP contribution in [0.4, 0.5) is 4.79 Å². The summed E-state index contributed by atoms with van der Waals surface area (Å²) in [5, 5.41) is 13.7. The number of rotatable bonds is 5. The minimum atomic E-state index is -0.518. The Labute approximate surface area is 168 Å². The van der Waals surface area contributed by atoms with E-state index in [1.807, 2.05) is 12.1 Å². The Morgan fingerprint density at radius 2 is 2.07 bits per heavy atom. The van der Waals surface area contributed by atoms with E-state index in [-0.39, 0.29) is 11.9 Å². The lowest BCUT2D eigenvalue weighted by atomic mass is 9.85. The molecule has 3 amide bonds. The second kappa shape index (κ2) is 9.18. The van der Waals surface area contributed by atoms with Crippen LogP contribution in [0.1, 0.15) is 45.6 Å². The second-order valence-corrected chi connectivity index (χ2v) is 8.38. The van der Waals surface area contributed by atoms with E-state index in [0.29, 0.717) is 11.1 Å². The van der Waals surface area contributed by atoms with E-state index in [2.05, 4.69) is 37.3 Å².